The van der Waals surface area contributed by atoms with Crippen LogP contribution in [0.25, 0.3) is 11.0 Å². The van der Waals surface area contributed by atoms with Gasteiger partial charge in [-0.2, -0.15) is 5.26 Å². The summed E-state index contributed by atoms with van der Waals surface area (Å²) < 4.78 is 5.49. The number of imidazole rings is 1. The Kier molecular flexibility index (Phi) is 2.92. The van der Waals surface area contributed by atoms with Crippen molar-refractivity contribution in [1.82, 2.24) is 9.97 Å². The normalized spacial score (nSPS) is 10.0. The molecule has 1 aromatic carbocycles. The van der Waals surface area contributed by atoms with Crippen molar-refractivity contribution in [3.8, 4) is 11.9 Å². The highest BCUT2D eigenvalue weighted by Crippen LogP contribution is 2.20. The number of hydrogen-bond acceptors (Lipinski definition) is 4. The van der Waals surface area contributed by atoms with Gasteiger partial charge < -0.3 is 9.72 Å². The molecule has 2 aromatic rings. The molecular weight excluding hydrogens is 204 g/mol. The second kappa shape index (κ2) is 4.53. The summed E-state index contributed by atoms with van der Waals surface area (Å²) in [6.45, 7) is 2.75. The molecule has 0 fully saturated rings. The molecule has 0 spiro atoms. The number of fused-ring (bicyclic) bond motifs is 1. The van der Waals surface area contributed by atoms with Gasteiger partial charge in [0.05, 0.1) is 17.6 Å². The van der Waals surface area contributed by atoms with Gasteiger partial charge in [0.25, 0.3) is 0 Å². The lowest BCUT2D eigenvalue weighted by Gasteiger charge is -2.02. The van der Waals surface area contributed by atoms with E-state index in [2.05, 4.69) is 22.2 Å². The van der Waals surface area contributed by atoms with Gasteiger partial charge in [-0.1, -0.05) is 6.92 Å². The van der Waals surface area contributed by atoms with E-state index in [1.54, 1.807) is 0 Å². The average molecular weight is 216 g/mol. The second-order valence-electron chi connectivity index (χ2n) is 3.35. The van der Waals surface area contributed by atoms with Crippen molar-refractivity contribution in [3.05, 3.63) is 18.2 Å². The van der Waals surface area contributed by atoms with Crippen molar-refractivity contribution in [2.45, 2.75) is 13.3 Å². The van der Waals surface area contributed by atoms with Gasteiger partial charge >= 0.3 is 0 Å². The zero-order valence-electron chi connectivity index (χ0n) is 8.95. The van der Waals surface area contributed by atoms with E-state index in [4.69, 9.17) is 10.00 Å². The van der Waals surface area contributed by atoms with Gasteiger partial charge in [0, 0.05) is 6.07 Å². The van der Waals surface area contributed by atoms with Crippen LogP contribution in [0.2, 0.25) is 0 Å². The summed E-state index contributed by atoms with van der Waals surface area (Å²) in [6, 6.07) is 5.62. The van der Waals surface area contributed by atoms with E-state index in [0.717, 1.165) is 23.2 Å². The van der Waals surface area contributed by atoms with Crippen LogP contribution in [0, 0.1) is 11.5 Å². The molecule has 0 amide bonds. The Bertz CT molecular complexity index is 526. The summed E-state index contributed by atoms with van der Waals surface area (Å²) >= 11 is 0. The molecule has 2 N–H and O–H groups in total. The number of hydrogen-bond donors (Lipinski definition) is 2. The lowest BCUT2D eigenvalue weighted by atomic mass is 10.3. The third kappa shape index (κ3) is 2.06. The van der Waals surface area contributed by atoms with E-state index in [1.807, 2.05) is 24.4 Å². The predicted molar refractivity (Wildman–Crippen MR) is 61.1 cm³/mol. The van der Waals surface area contributed by atoms with Crippen LogP contribution >= 0.6 is 0 Å². The monoisotopic (exact) mass is 216 g/mol. The maximum Gasteiger partial charge on any atom is 0.214 e. The number of H-pyrrole nitrogens is 1. The lowest BCUT2D eigenvalue weighted by Crippen LogP contribution is -1.94. The Labute approximate surface area is 93.1 Å². The lowest BCUT2D eigenvalue weighted by molar-refractivity contribution is 0.318. The molecule has 82 valence electrons. The zero-order chi connectivity index (χ0) is 11.4. The summed E-state index contributed by atoms with van der Waals surface area (Å²) in [7, 11) is 0. The Morgan fingerprint density at radius 3 is 3.19 bits per heavy atom. The van der Waals surface area contributed by atoms with Crippen molar-refractivity contribution in [2.24, 2.45) is 0 Å². The number of anilines is 1. The number of aromatic amines is 1. The molecule has 0 aliphatic carbocycles. The number of nitrogens with zero attached hydrogens (tertiary/aromatic N) is 2. The van der Waals surface area contributed by atoms with Gasteiger partial charge in [-0.05, 0) is 18.6 Å². The molecule has 2 rings (SSSR count). The van der Waals surface area contributed by atoms with Crippen molar-refractivity contribution >= 4 is 17.0 Å². The molecule has 0 unspecified atom stereocenters. The van der Waals surface area contributed by atoms with E-state index in [9.17, 15) is 0 Å². The number of benzene rings is 1. The molecule has 0 aliphatic rings. The molecule has 0 saturated heterocycles. The first-order valence-electron chi connectivity index (χ1n) is 5.11. The molecular formula is C11H12N4O. The number of rotatable bonds is 4. The minimum atomic E-state index is 0.449. The zero-order valence-corrected chi connectivity index (χ0v) is 8.95. The standard InChI is InChI=1S/C11H12N4O/c1-2-5-16-8-3-4-9-10(6-8)15-11(14-9)13-7-12/h3-4,6H,2,5H2,1H3,(H2,13,14,15). The van der Waals surface area contributed by atoms with Crippen LogP contribution in [0.5, 0.6) is 5.75 Å². The molecule has 5 heteroatoms. The Hall–Kier alpha value is -2.22. The van der Waals surface area contributed by atoms with Crippen LogP contribution in [0.15, 0.2) is 18.2 Å². The minimum Gasteiger partial charge on any atom is -0.494 e. The Morgan fingerprint density at radius 2 is 2.44 bits per heavy atom. The van der Waals surface area contributed by atoms with Crippen molar-refractivity contribution < 1.29 is 4.74 Å². The van der Waals surface area contributed by atoms with Crippen LogP contribution in [0.1, 0.15) is 13.3 Å². The van der Waals surface area contributed by atoms with Crippen molar-refractivity contribution in [2.75, 3.05) is 11.9 Å². The molecule has 0 atom stereocenters. The molecule has 0 saturated carbocycles. The van der Waals surface area contributed by atoms with Crippen molar-refractivity contribution in [3.63, 3.8) is 0 Å². The third-order valence-electron chi connectivity index (χ3n) is 2.10. The van der Waals surface area contributed by atoms with E-state index >= 15 is 0 Å². The van der Waals surface area contributed by atoms with Crippen LogP contribution in [0.3, 0.4) is 0 Å². The first kappa shape index (κ1) is 10.3. The summed E-state index contributed by atoms with van der Waals surface area (Å²) in [6.07, 6.45) is 2.79. The number of nitrogens with one attached hydrogen (secondary N) is 2. The smallest absolute Gasteiger partial charge is 0.214 e. The fourth-order valence-corrected chi connectivity index (χ4v) is 1.41. The SMILES string of the molecule is CCCOc1ccc2[nH]c(NC#N)nc2c1. The summed E-state index contributed by atoms with van der Waals surface area (Å²) in [4.78, 5) is 7.18. The van der Waals surface area contributed by atoms with Crippen molar-refractivity contribution in [1.29, 1.82) is 5.26 Å². The average Bonchev–Trinajstić information content (AvgIpc) is 2.68. The van der Waals surface area contributed by atoms with E-state index in [-0.39, 0.29) is 0 Å². The predicted octanol–water partition coefficient (Wildman–Crippen LogP) is 2.24. The maximum absolute atomic E-state index is 8.47. The highest BCUT2D eigenvalue weighted by atomic mass is 16.5. The molecule has 0 bridgehead atoms. The summed E-state index contributed by atoms with van der Waals surface area (Å²) in [5.41, 5.74) is 1.66. The van der Waals surface area contributed by atoms with Crippen LogP contribution in [-0.2, 0) is 0 Å². The molecule has 16 heavy (non-hydrogen) atoms. The Morgan fingerprint density at radius 1 is 1.56 bits per heavy atom. The fourth-order valence-electron chi connectivity index (χ4n) is 1.41. The highest BCUT2D eigenvalue weighted by molar-refractivity contribution is 5.79. The number of ether oxygens (including phenoxy) is 1. The molecule has 0 radical (unpaired) electrons. The van der Waals surface area contributed by atoms with Gasteiger partial charge in [0.1, 0.15) is 5.75 Å². The van der Waals surface area contributed by atoms with Gasteiger partial charge in [0.2, 0.25) is 5.95 Å². The van der Waals surface area contributed by atoms with E-state index in [0.29, 0.717) is 12.6 Å². The number of nitriles is 1. The Balaban J connectivity index is 2.27. The van der Waals surface area contributed by atoms with Crippen LogP contribution in [-0.4, -0.2) is 16.6 Å². The van der Waals surface area contributed by atoms with Gasteiger partial charge in [0.15, 0.2) is 6.19 Å². The summed E-state index contributed by atoms with van der Waals surface area (Å²) in [5.74, 6) is 1.24. The van der Waals surface area contributed by atoms with Crippen LogP contribution in [0.4, 0.5) is 5.95 Å². The first-order valence-corrected chi connectivity index (χ1v) is 5.11. The quantitative estimate of drug-likeness (QED) is 0.607. The molecule has 5 nitrogen and oxygen atoms in total. The van der Waals surface area contributed by atoms with E-state index in [1.165, 1.54) is 0 Å². The van der Waals surface area contributed by atoms with Gasteiger partial charge in [-0.25, -0.2) is 4.98 Å². The summed E-state index contributed by atoms with van der Waals surface area (Å²) in [5, 5.41) is 10.9. The minimum absolute atomic E-state index is 0.449. The largest absolute Gasteiger partial charge is 0.494 e. The molecule has 1 aromatic heterocycles. The molecule has 1 heterocycles. The maximum atomic E-state index is 8.47. The molecule has 0 aliphatic heterocycles. The van der Waals surface area contributed by atoms with Gasteiger partial charge in [-0.15, -0.1) is 0 Å². The van der Waals surface area contributed by atoms with Gasteiger partial charge in [-0.3, -0.25) is 5.32 Å². The van der Waals surface area contributed by atoms with Crippen LogP contribution < -0.4 is 10.1 Å². The second-order valence-corrected chi connectivity index (χ2v) is 3.35. The number of aromatic nitrogens is 2. The van der Waals surface area contributed by atoms with E-state index < -0.39 is 0 Å². The first-order chi connectivity index (χ1) is 7.83. The third-order valence-corrected chi connectivity index (χ3v) is 2.10. The highest BCUT2D eigenvalue weighted by Gasteiger charge is 2.03. The topological polar surface area (TPSA) is 73.7 Å². The fraction of sp³-hybridized carbons (Fsp3) is 0.273.